The molecule has 0 saturated carbocycles. The fraction of sp³-hybridized carbons (Fsp3) is 0.385. The van der Waals surface area contributed by atoms with Gasteiger partial charge in [0.15, 0.2) is 0 Å². The summed E-state index contributed by atoms with van der Waals surface area (Å²) < 4.78 is 5.16. The summed E-state index contributed by atoms with van der Waals surface area (Å²) in [7, 11) is 1.60. The van der Waals surface area contributed by atoms with Crippen molar-refractivity contribution in [3.8, 4) is 17.9 Å². The van der Waals surface area contributed by atoms with E-state index in [1.165, 1.54) is 0 Å². The van der Waals surface area contributed by atoms with Gasteiger partial charge in [-0.15, -0.1) is 0 Å². The van der Waals surface area contributed by atoms with Crippen LogP contribution in [0.3, 0.4) is 0 Å². The summed E-state index contributed by atoms with van der Waals surface area (Å²) in [5.74, 6) is 0.736. The van der Waals surface area contributed by atoms with Crippen molar-refractivity contribution in [2.75, 3.05) is 26.7 Å². The van der Waals surface area contributed by atoms with Crippen molar-refractivity contribution in [3.63, 3.8) is 0 Å². The zero-order valence-corrected chi connectivity index (χ0v) is 10.3. The molecule has 0 aliphatic heterocycles. The second-order valence-electron chi connectivity index (χ2n) is 3.75. The Bertz CT molecular complexity index is 445. The van der Waals surface area contributed by atoms with Crippen molar-refractivity contribution >= 4 is 0 Å². The monoisotopic (exact) mass is 244 g/mol. The molecule has 18 heavy (non-hydrogen) atoms. The molecule has 0 aliphatic carbocycles. The number of methoxy groups -OCH3 is 1. The molecule has 1 rings (SSSR count). The lowest BCUT2D eigenvalue weighted by molar-refractivity contribution is 0.253. The molecule has 0 aromatic heterocycles. The van der Waals surface area contributed by atoms with Gasteiger partial charge in [-0.05, 0) is 17.7 Å². The van der Waals surface area contributed by atoms with E-state index in [0.29, 0.717) is 6.54 Å². The van der Waals surface area contributed by atoms with Gasteiger partial charge in [0, 0.05) is 12.6 Å². The zero-order valence-electron chi connectivity index (χ0n) is 10.3. The Morgan fingerprint density at radius 1 is 1.33 bits per heavy atom. The summed E-state index contributed by atoms with van der Waals surface area (Å²) >= 11 is 0. The van der Waals surface area contributed by atoms with E-state index in [1.54, 1.807) is 12.0 Å². The largest absolute Gasteiger partial charge is 0.497 e. The fourth-order valence-electron chi connectivity index (χ4n) is 1.80. The van der Waals surface area contributed by atoms with Crippen LogP contribution in [0.4, 0.5) is 0 Å². The van der Waals surface area contributed by atoms with E-state index in [1.807, 2.05) is 24.3 Å². The Morgan fingerprint density at radius 3 is 2.50 bits per heavy atom. The SMILES string of the molecule is COc1cccc(C(CN)N(CC#N)CC#N)c1. The zero-order chi connectivity index (χ0) is 13.4. The van der Waals surface area contributed by atoms with Crippen molar-refractivity contribution < 1.29 is 4.74 Å². The molecular weight excluding hydrogens is 228 g/mol. The first-order valence-corrected chi connectivity index (χ1v) is 5.58. The first-order valence-electron chi connectivity index (χ1n) is 5.58. The van der Waals surface area contributed by atoms with Gasteiger partial charge in [0.1, 0.15) is 5.75 Å². The molecule has 1 unspecified atom stereocenters. The molecule has 0 heterocycles. The quantitative estimate of drug-likeness (QED) is 0.756. The highest BCUT2D eigenvalue weighted by molar-refractivity contribution is 5.31. The van der Waals surface area contributed by atoms with Crippen molar-refractivity contribution in [2.45, 2.75) is 6.04 Å². The van der Waals surface area contributed by atoms with Crippen molar-refractivity contribution in [3.05, 3.63) is 29.8 Å². The Morgan fingerprint density at radius 2 is 2.00 bits per heavy atom. The highest BCUT2D eigenvalue weighted by Crippen LogP contribution is 2.23. The number of ether oxygens (including phenoxy) is 1. The van der Waals surface area contributed by atoms with Crippen LogP contribution >= 0.6 is 0 Å². The number of nitrogens with zero attached hydrogens (tertiary/aromatic N) is 3. The van der Waals surface area contributed by atoms with Gasteiger partial charge in [-0.1, -0.05) is 12.1 Å². The molecule has 1 aromatic rings. The number of nitriles is 2. The molecule has 94 valence electrons. The van der Waals surface area contributed by atoms with Crippen LogP contribution in [0.5, 0.6) is 5.75 Å². The molecule has 0 radical (unpaired) electrons. The van der Waals surface area contributed by atoms with Crippen LogP contribution in [-0.2, 0) is 0 Å². The van der Waals surface area contributed by atoms with E-state index >= 15 is 0 Å². The van der Waals surface area contributed by atoms with Gasteiger partial charge in [0.2, 0.25) is 0 Å². The molecule has 5 nitrogen and oxygen atoms in total. The molecular formula is C13H16N4O. The molecule has 1 aromatic carbocycles. The third kappa shape index (κ3) is 3.46. The van der Waals surface area contributed by atoms with Crippen LogP contribution in [0.15, 0.2) is 24.3 Å². The van der Waals surface area contributed by atoms with Gasteiger partial charge in [-0.25, -0.2) is 0 Å². The predicted molar refractivity (Wildman–Crippen MR) is 67.6 cm³/mol. The predicted octanol–water partition coefficient (Wildman–Crippen LogP) is 1.04. The van der Waals surface area contributed by atoms with Crippen molar-refractivity contribution in [1.29, 1.82) is 10.5 Å². The summed E-state index contributed by atoms with van der Waals surface area (Å²) in [5, 5.41) is 17.6. The van der Waals surface area contributed by atoms with Crippen LogP contribution in [0, 0.1) is 22.7 Å². The number of rotatable bonds is 6. The first-order chi connectivity index (χ1) is 8.76. The second kappa shape index (κ2) is 7.29. The number of hydrogen-bond acceptors (Lipinski definition) is 5. The summed E-state index contributed by atoms with van der Waals surface area (Å²) in [5.41, 5.74) is 6.70. The van der Waals surface area contributed by atoms with Crippen molar-refractivity contribution in [2.24, 2.45) is 5.73 Å². The fourth-order valence-corrected chi connectivity index (χ4v) is 1.80. The molecule has 5 heteroatoms. The first kappa shape index (κ1) is 14.0. The minimum absolute atomic E-state index is 0.153. The second-order valence-corrected chi connectivity index (χ2v) is 3.75. The van der Waals surface area contributed by atoms with E-state index in [2.05, 4.69) is 12.1 Å². The van der Waals surface area contributed by atoms with E-state index in [4.69, 9.17) is 21.0 Å². The van der Waals surface area contributed by atoms with Crippen LogP contribution in [0.1, 0.15) is 11.6 Å². The van der Waals surface area contributed by atoms with E-state index < -0.39 is 0 Å². The van der Waals surface area contributed by atoms with E-state index in [9.17, 15) is 0 Å². The van der Waals surface area contributed by atoms with Gasteiger partial charge in [0.05, 0.1) is 32.3 Å². The molecule has 0 amide bonds. The van der Waals surface area contributed by atoms with E-state index in [-0.39, 0.29) is 19.1 Å². The van der Waals surface area contributed by atoms with Crippen LogP contribution in [0.25, 0.3) is 0 Å². The summed E-state index contributed by atoms with van der Waals surface area (Å²) in [6.45, 7) is 0.690. The van der Waals surface area contributed by atoms with Crippen LogP contribution < -0.4 is 10.5 Å². The van der Waals surface area contributed by atoms with Crippen molar-refractivity contribution in [1.82, 2.24) is 4.90 Å². The third-order valence-corrected chi connectivity index (χ3v) is 2.69. The minimum Gasteiger partial charge on any atom is -0.497 e. The summed E-state index contributed by atoms with van der Waals surface area (Å²) in [6, 6.07) is 11.5. The Hall–Kier alpha value is -2.08. The Labute approximate surface area is 107 Å². The average molecular weight is 244 g/mol. The Balaban J connectivity index is 2.99. The van der Waals surface area contributed by atoms with Gasteiger partial charge in [0.25, 0.3) is 0 Å². The number of nitrogens with two attached hydrogens (primary N) is 1. The molecule has 1 atom stereocenters. The maximum Gasteiger partial charge on any atom is 0.119 e. The van der Waals surface area contributed by atoms with Crippen LogP contribution in [-0.4, -0.2) is 31.6 Å². The van der Waals surface area contributed by atoms with E-state index in [0.717, 1.165) is 11.3 Å². The highest BCUT2D eigenvalue weighted by atomic mass is 16.5. The minimum atomic E-state index is -0.153. The molecule has 0 fully saturated rings. The van der Waals surface area contributed by atoms with Crippen LogP contribution in [0.2, 0.25) is 0 Å². The third-order valence-electron chi connectivity index (χ3n) is 2.69. The topological polar surface area (TPSA) is 86.1 Å². The smallest absolute Gasteiger partial charge is 0.119 e. The van der Waals surface area contributed by atoms with Gasteiger partial charge < -0.3 is 10.5 Å². The lowest BCUT2D eigenvalue weighted by Crippen LogP contribution is -2.34. The number of benzene rings is 1. The summed E-state index contributed by atoms with van der Waals surface area (Å²) in [6.07, 6.45) is 0. The molecule has 2 N–H and O–H groups in total. The lowest BCUT2D eigenvalue weighted by Gasteiger charge is -2.26. The number of hydrogen-bond donors (Lipinski definition) is 1. The molecule has 0 bridgehead atoms. The standard InChI is InChI=1S/C13H16N4O/c1-18-12-4-2-3-11(9-12)13(10-16)17(7-5-14)8-6-15/h2-4,9,13H,7-8,10,16H2,1H3. The highest BCUT2D eigenvalue weighted by Gasteiger charge is 2.18. The lowest BCUT2D eigenvalue weighted by atomic mass is 10.0. The molecule has 0 saturated heterocycles. The van der Waals surface area contributed by atoms with Gasteiger partial charge in [-0.2, -0.15) is 10.5 Å². The Kier molecular flexibility index (Phi) is 5.66. The molecule has 0 spiro atoms. The normalized spacial score (nSPS) is 11.6. The average Bonchev–Trinajstić information content (AvgIpc) is 2.40. The maximum absolute atomic E-state index is 8.79. The maximum atomic E-state index is 8.79. The molecule has 0 aliphatic rings. The summed E-state index contributed by atoms with van der Waals surface area (Å²) in [4.78, 5) is 1.74. The van der Waals surface area contributed by atoms with Gasteiger partial charge in [-0.3, -0.25) is 4.90 Å². The van der Waals surface area contributed by atoms with Gasteiger partial charge >= 0.3 is 0 Å².